The predicted octanol–water partition coefficient (Wildman–Crippen LogP) is 4.49. The lowest BCUT2D eigenvalue weighted by Crippen LogP contribution is -2.39. The number of nitrogen functional groups attached to an aromatic ring is 1. The largest absolute Gasteiger partial charge is 0.462 e. The monoisotopic (exact) mass is 583 g/mol. The molecule has 0 radical (unpaired) electrons. The lowest BCUT2D eigenvalue weighted by molar-refractivity contribution is -0.147. The maximum Gasteiger partial charge on any atom is 0.343 e. The fraction of sp³-hybridized carbons (Fsp3) is 0.182. The van der Waals surface area contributed by atoms with Crippen LogP contribution in [0.4, 0.5) is 0 Å². The quantitative estimate of drug-likeness (QED) is 0.0703. The summed E-state index contributed by atoms with van der Waals surface area (Å²) < 4.78 is 15.7. The molecular formula is C33H33N3O7. The fourth-order valence-electron chi connectivity index (χ4n) is 3.80. The van der Waals surface area contributed by atoms with Gasteiger partial charge < -0.3 is 25.3 Å². The molecule has 3 rings (SSSR count). The van der Waals surface area contributed by atoms with Crippen molar-refractivity contribution in [3.63, 3.8) is 0 Å². The van der Waals surface area contributed by atoms with Crippen LogP contribution in [0.1, 0.15) is 56.8 Å². The van der Waals surface area contributed by atoms with Gasteiger partial charge in [0.25, 0.3) is 0 Å². The number of carbonyl (C=O) groups is 4. The first kappa shape index (κ1) is 32.0. The van der Waals surface area contributed by atoms with Crippen LogP contribution in [0.15, 0.2) is 85.0 Å². The van der Waals surface area contributed by atoms with Crippen LogP contribution in [-0.2, 0) is 25.7 Å². The maximum absolute atomic E-state index is 12.7. The van der Waals surface area contributed by atoms with Crippen LogP contribution >= 0.6 is 0 Å². The molecular weight excluding hydrogens is 550 g/mol. The van der Waals surface area contributed by atoms with E-state index in [-0.39, 0.29) is 19.0 Å². The number of nitrogens with two attached hydrogens (primary N) is 1. The van der Waals surface area contributed by atoms with Crippen molar-refractivity contribution >= 4 is 35.7 Å². The molecule has 0 spiro atoms. The maximum atomic E-state index is 12.7. The number of amidine groups is 1. The zero-order valence-electron chi connectivity index (χ0n) is 24.1. The molecule has 0 heterocycles. The summed E-state index contributed by atoms with van der Waals surface area (Å²) in [5.41, 5.74) is 8.75. The van der Waals surface area contributed by atoms with E-state index in [1.54, 1.807) is 99.7 Å². The topological polar surface area (TPSA) is 158 Å². The molecule has 43 heavy (non-hydrogen) atoms. The van der Waals surface area contributed by atoms with Gasteiger partial charge in [0.1, 0.15) is 24.2 Å². The molecule has 222 valence electrons. The van der Waals surface area contributed by atoms with Crippen molar-refractivity contribution in [2.24, 2.45) is 5.73 Å². The van der Waals surface area contributed by atoms with Crippen LogP contribution in [0, 0.1) is 12.3 Å². The van der Waals surface area contributed by atoms with Crippen LogP contribution in [-0.4, -0.2) is 42.3 Å². The highest BCUT2D eigenvalue weighted by molar-refractivity contribution is 5.96. The van der Waals surface area contributed by atoms with E-state index in [9.17, 15) is 19.2 Å². The van der Waals surface area contributed by atoms with Gasteiger partial charge in [-0.1, -0.05) is 30.4 Å². The van der Waals surface area contributed by atoms with Crippen molar-refractivity contribution in [2.75, 3.05) is 6.61 Å². The van der Waals surface area contributed by atoms with E-state index in [1.807, 2.05) is 0 Å². The molecule has 0 bridgehead atoms. The summed E-state index contributed by atoms with van der Waals surface area (Å²) in [7, 11) is 0. The highest BCUT2D eigenvalue weighted by Gasteiger charge is 2.19. The number of aryl methyl sites for hydroxylation is 1. The number of benzene rings is 3. The SMILES string of the molecule is C/C=C/C(NC(=O)/C=C/c1ccc(C(=O)Oc2ccc(C(=N)N)cc2)cc1C)C(=O)OCc1ccc(C(=O)OCC)cc1. The average molecular weight is 584 g/mol. The summed E-state index contributed by atoms with van der Waals surface area (Å²) in [5.74, 6) is -1.93. The fourth-order valence-corrected chi connectivity index (χ4v) is 3.80. The molecule has 0 aliphatic heterocycles. The Bertz CT molecular complexity index is 1540. The third-order valence-electron chi connectivity index (χ3n) is 6.08. The molecule has 0 aliphatic carbocycles. The van der Waals surface area contributed by atoms with Gasteiger partial charge in [0.05, 0.1) is 17.7 Å². The number of carbonyl (C=O) groups excluding carboxylic acids is 4. The Balaban J connectivity index is 1.56. The molecule has 4 N–H and O–H groups in total. The molecule has 1 unspecified atom stereocenters. The summed E-state index contributed by atoms with van der Waals surface area (Å²) in [5, 5.41) is 10.0. The van der Waals surface area contributed by atoms with Crippen LogP contribution in [0.5, 0.6) is 5.75 Å². The van der Waals surface area contributed by atoms with Crippen LogP contribution in [0.2, 0.25) is 0 Å². The first-order valence-corrected chi connectivity index (χ1v) is 13.4. The predicted molar refractivity (Wildman–Crippen MR) is 162 cm³/mol. The average Bonchev–Trinajstić information content (AvgIpc) is 2.99. The smallest absolute Gasteiger partial charge is 0.343 e. The number of hydrogen-bond acceptors (Lipinski definition) is 8. The minimum atomic E-state index is -1.01. The van der Waals surface area contributed by atoms with Crippen LogP contribution in [0.3, 0.4) is 0 Å². The van der Waals surface area contributed by atoms with Crippen molar-refractivity contribution < 1.29 is 33.4 Å². The Hall–Kier alpha value is -5.51. The summed E-state index contributed by atoms with van der Waals surface area (Å²) in [6.07, 6.45) is 6.00. The third kappa shape index (κ3) is 9.53. The Morgan fingerprint density at radius 2 is 1.56 bits per heavy atom. The Kier molecular flexibility index (Phi) is 11.5. The molecule has 0 saturated heterocycles. The second-order valence-electron chi connectivity index (χ2n) is 9.27. The Labute approximate surface area is 249 Å². The molecule has 1 atom stereocenters. The summed E-state index contributed by atoms with van der Waals surface area (Å²) >= 11 is 0. The second-order valence-corrected chi connectivity index (χ2v) is 9.27. The molecule has 0 aliphatic rings. The highest BCUT2D eigenvalue weighted by atomic mass is 16.5. The molecule has 0 fully saturated rings. The number of ether oxygens (including phenoxy) is 3. The summed E-state index contributed by atoms with van der Waals surface area (Å²) in [6.45, 7) is 5.46. The van der Waals surface area contributed by atoms with Crippen molar-refractivity contribution in [3.8, 4) is 5.75 Å². The number of allylic oxidation sites excluding steroid dienone is 1. The second kappa shape index (κ2) is 15.5. The van der Waals surface area contributed by atoms with Gasteiger partial charge in [0.2, 0.25) is 5.91 Å². The summed E-state index contributed by atoms with van der Waals surface area (Å²) in [6, 6.07) is 16.7. The van der Waals surface area contributed by atoms with Gasteiger partial charge >= 0.3 is 17.9 Å². The molecule has 10 nitrogen and oxygen atoms in total. The molecule has 10 heteroatoms. The third-order valence-corrected chi connectivity index (χ3v) is 6.08. The minimum Gasteiger partial charge on any atom is -0.462 e. The van der Waals surface area contributed by atoms with Gasteiger partial charge in [-0.05, 0) is 92.1 Å². The zero-order valence-corrected chi connectivity index (χ0v) is 24.1. The van der Waals surface area contributed by atoms with E-state index in [0.29, 0.717) is 33.6 Å². The van der Waals surface area contributed by atoms with Gasteiger partial charge in [-0.25, -0.2) is 14.4 Å². The van der Waals surface area contributed by atoms with Gasteiger partial charge in [-0.3, -0.25) is 10.2 Å². The first-order chi connectivity index (χ1) is 20.6. The number of esters is 3. The normalized spacial score (nSPS) is 11.6. The van der Waals surface area contributed by atoms with E-state index in [2.05, 4.69) is 5.32 Å². The van der Waals surface area contributed by atoms with Crippen molar-refractivity contribution in [2.45, 2.75) is 33.4 Å². The Morgan fingerprint density at radius 1 is 0.907 bits per heavy atom. The lowest BCUT2D eigenvalue weighted by Gasteiger charge is -2.14. The van der Waals surface area contributed by atoms with Crippen LogP contribution in [0.25, 0.3) is 6.08 Å². The number of rotatable bonds is 12. The van der Waals surface area contributed by atoms with Gasteiger partial charge in [0.15, 0.2) is 0 Å². The molecule has 3 aromatic rings. The molecule has 1 amide bonds. The zero-order chi connectivity index (χ0) is 31.4. The van der Waals surface area contributed by atoms with E-state index in [4.69, 9.17) is 25.4 Å². The summed E-state index contributed by atoms with van der Waals surface area (Å²) in [4.78, 5) is 49.6. The molecule has 0 saturated carbocycles. The van der Waals surface area contributed by atoms with Crippen LogP contribution < -0.4 is 15.8 Å². The minimum absolute atomic E-state index is 0.0423. The van der Waals surface area contributed by atoms with Crippen molar-refractivity contribution in [1.29, 1.82) is 5.41 Å². The van der Waals surface area contributed by atoms with Crippen molar-refractivity contribution in [3.05, 3.63) is 118 Å². The molecule has 3 aromatic carbocycles. The standard InChI is InChI=1S/C33H33N3O7/c1-4-6-28(33(40)42-20-22-7-9-25(10-8-22)31(38)41-5-2)36-29(37)18-15-23-11-12-26(19-21(23)3)32(39)43-27-16-13-24(14-17-27)30(34)35/h4,6-19,28H,5,20H2,1-3H3,(H3,34,35)(H,36,37)/b6-4+,18-15+. The lowest BCUT2D eigenvalue weighted by atomic mass is 10.0. The van der Waals surface area contributed by atoms with Gasteiger partial charge in [-0.2, -0.15) is 0 Å². The van der Waals surface area contributed by atoms with E-state index < -0.39 is 29.9 Å². The van der Waals surface area contributed by atoms with E-state index in [1.165, 1.54) is 12.2 Å². The van der Waals surface area contributed by atoms with E-state index >= 15 is 0 Å². The Morgan fingerprint density at radius 3 is 2.16 bits per heavy atom. The number of nitrogens with one attached hydrogen (secondary N) is 2. The first-order valence-electron chi connectivity index (χ1n) is 13.4. The number of amides is 1. The van der Waals surface area contributed by atoms with Gasteiger partial charge in [0, 0.05) is 11.6 Å². The van der Waals surface area contributed by atoms with Gasteiger partial charge in [-0.15, -0.1) is 0 Å². The molecule has 0 aromatic heterocycles. The van der Waals surface area contributed by atoms with Crippen molar-refractivity contribution in [1.82, 2.24) is 5.32 Å². The highest BCUT2D eigenvalue weighted by Crippen LogP contribution is 2.17. The van der Waals surface area contributed by atoms with E-state index in [0.717, 1.165) is 5.56 Å². The number of hydrogen-bond donors (Lipinski definition) is 3.